The highest BCUT2D eigenvalue weighted by atomic mass is 16.3. The van der Waals surface area contributed by atoms with E-state index in [0.717, 1.165) is 55.8 Å². The third kappa shape index (κ3) is 3.25. The molecule has 4 rings (SSSR count). The molecule has 2 atom stereocenters. The van der Waals surface area contributed by atoms with Gasteiger partial charge in [0.15, 0.2) is 0 Å². The predicted molar refractivity (Wildman–Crippen MR) is 105 cm³/mol. The first-order valence-electron chi connectivity index (χ1n) is 10.0. The van der Waals surface area contributed by atoms with Crippen LogP contribution in [-0.4, -0.2) is 69.7 Å². The Morgan fingerprint density at radius 2 is 2.11 bits per heavy atom. The van der Waals surface area contributed by atoms with Gasteiger partial charge in [0.2, 0.25) is 5.91 Å². The molecular weight excluding hydrogens is 340 g/mol. The zero-order valence-corrected chi connectivity index (χ0v) is 16.4. The normalized spacial score (nSPS) is 26.3. The first-order chi connectivity index (χ1) is 13.0. The SMILES string of the molecule is Cc1nc2ccccc2n1CCC(=O)N1CC[C@@]2(CO)CCCN(C)[C@@H]2C1. The lowest BCUT2D eigenvalue weighted by Gasteiger charge is -2.53. The summed E-state index contributed by atoms with van der Waals surface area (Å²) in [6, 6.07) is 8.35. The standard InChI is InChI=1S/C21H30N4O2/c1-16-22-17-6-3-4-7-18(17)25(16)12-8-20(27)24-13-10-21(15-26)9-5-11-23(2)19(21)14-24/h3-4,6-7,19,26H,5,8-15H2,1-2H3/t19-,21-/m1/s1. The number of fused-ring (bicyclic) bond motifs is 2. The van der Waals surface area contributed by atoms with Gasteiger partial charge < -0.3 is 19.5 Å². The quantitative estimate of drug-likeness (QED) is 0.895. The van der Waals surface area contributed by atoms with Crippen LogP contribution in [0.1, 0.15) is 31.5 Å². The zero-order chi connectivity index (χ0) is 19.0. The van der Waals surface area contributed by atoms with Crippen molar-refractivity contribution >= 4 is 16.9 Å². The average Bonchev–Trinajstić information content (AvgIpc) is 3.01. The van der Waals surface area contributed by atoms with Crippen LogP contribution in [0.2, 0.25) is 0 Å². The Kier molecular flexibility index (Phi) is 4.95. The molecule has 0 aliphatic carbocycles. The molecule has 0 saturated carbocycles. The molecule has 2 fully saturated rings. The van der Waals surface area contributed by atoms with Crippen molar-refractivity contribution in [1.82, 2.24) is 19.4 Å². The largest absolute Gasteiger partial charge is 0.396 e. The third-order valence-electron chi connectivity index (χ3n) is 6.76. The Morgan fingerprint density at radius 1 is 1.30 bits per heavy atom. The maximum Gasteiger partial charge on any atom is 0.224 e. The molecular formula is C21H30N4O2. The predicted octanol–water partition coefficient (Wildman–Crippen LogP) is 2.04. The van der Waals surface area contributed by atoms with Crippen molar-refractivity contribution in [2.24, 2.45) is 5.41 Å². The Hall–Kier alpha value is -1.92. The highest BCUT2D eigenvalue weighted by molar-refractivity contribution is 5.78. The minimum atomic E-state index is -0.0269. The summed E-state index contributed by atoms with van der Waals surface area (Å²) in [6.07, 6.45) is 3.59. The van der Waals surface area contributed by atoms with Crippen molar-refractivity contribution in [3.8, 4) is 0 Å². The molecule has 1 N–H and O–H groups in total. The van der Waals surface area contributed by atoms with Crippen LogP contribution in [0.25, 0.3) is 11.0 Å². The van der Waals surface area contributed by atoms with Crippen LogP contribution in [0.4, 0.5) is 0 Å². The summed E-state index contributed by atoms with van der Waals surface area (Å²) in [5.41, 5.74) is 2.05. The molecule has 2 aromatic rings. The van der Waals surface area contributed by atoms with Crippen molar-refractivity contribution in [1.29, 1.82) is 0 Å². The second kappa shape index (κ2) is 7.24. The number of imidazole rings is 1. The topological polar surface area (TPSA) is 61.6 Å². The number of aliphatic hydroxyl groups excluding tert-OH is 1. The average molecular weight is 370 g/mol. The number of likely N-dealkylation sites (tertiary alicyclic amines) is 2. The van der Waals surface area contributed by atoms with Crippen LogP contribution in [0.15, 0.2) is 24.3 Å². The van der Waals surface area contributed by atoms with E-state index in [1.165, 1.54) is 0 Å². The van der Waals surface area contributed by atoms with Crippen molar-refractivity contribution in [3.05, 3.63) is 30.1 Å². The van der Waals surface area contributed by atoms with Crippen molar-refractivity contribution < 1.29 is 9.90 Å². The van der Waals surface area contributed by atoms with Crippen molar-refractivity contribution in [2.75, 3.05) is 33.3 Å². The van der Waals surface area contributed by atoms with E-state index in [4.69, 9.17) is 0 Å². The van der Waals surface area contributed by atoms with Crippen LogP contribution in [0.3, 0.4) is 0 Å². The number of carbonyl (C=O) groups is 1. The number of para-hydroxylation sites is 2. The summed E-state index contributed by atoms with van der Waals surface area (Å²) in [4.78, 5) is 21.9. The summed E-state index contributed by atoms with van der Waals surface area (Å²) in [5.74, 6) is 1.16. The van der Waals surface area contributed by atoms with E-state index >= 15 is 0 Å². The van der Waals surface area contributed by atoms with Gasteiger partial charge in [-0.15, -0.1) is 0 Å². The Morgan fingerprint density at radius 3 is 2.93 bits per heavy atom. The molecule has 3 heterocycles. The molecule has 1 aromatic carbocycles. The van der Waals surface area contributed by atoms with E-state index in [1.807, 2.05) is 30.0 Å². The van der Waals surface area contributed by atoms with Crippen molar-refractivity contribution in [3.63, 3.8) is 0 Å². The monoisotopic (exact) mass is 370 g/mol. The molecule has 6 heteroatoms. The Labute approximate surface area is 160 Å². The minimum absolute atomic E-state index is 0.0269. The maximum atomic E-state index is 12.9. The molecule has 2 saturated heterocycles. The highest BCUT2D eigenvalue weighted by Crippen LogP contribution is 2.41. The van der Waals surface area contributed by atoms with Crippen molar-refractivity contribution in [2.45, 2.75) is 45.2 Å². The second-order valence-corrected chi connectivity index (χ2v) is 8.26. The van der Waals surface area contributed by atoms with Crippen LogP contribution >= 0.6 is 0 Å². The van der Waals surface area contributed by atoms with Gasteiger partial charge in [-0.3, -0.25) is 4.79 Å². The van der Waals surface area contributed by atoms with Gasteiger partial charge in [-0.25, -0.2) is 4.98 Å². The summed E-state index contributed by atoms with van der Waals surface area (Å²) in [7, 11) is 2.13. The van der Waals surface area contributed by atoms with E-state index in [1.54, 1.807) is 0 Å². The molecule has 0 bridgehead atoms. The van der Waals surface area contributed by atoms with E-state index in [-0.39, 0.29) is 24.0 Å². The fraction of sp³-hybridized carbons (Fsp3) is 0.619. The van der Waals surface area contributed by atoms with Crippen LogP contribution < -0.4 is 0 Å². The summed E-state index contributed by atoms with van der Waals surface area (Å²) >= 11 is 0. The first-order valence-corrected chi connectivity index (χ1v) is 10.0. The fourth-order valence-corrected chi connectivity index (χ4v) is 5.09. The number of nitrogens with zero attached hydrogens (tertiary/aromatic N) is 4. The number of amides is 1. The van der Waals surface area contributed by atoms with Gasteiger partial charge in [-0.2, -0.15) is 0 Å². The molecule has 2 aliphatic rings. The molecule has 0 spiro atoms. The Balaban J connectivity index is 1.44. The third-order valence-corrected chi connectivity index (χ3v) is 6.76. The number of likely N-dealkylation sites (N-methyl/N-ethyl adjacent to an activating group) is 1. The number of aliphatic hydroxyl groups is 1. The maximum absolute atomic E-state index is 12.9. The van der Waals surface area contributed by atoms with Gasteiger partial charge in [0.05, 0.1) is 17.6 Å². The molecule has 1 amide bonds. The lowest BCUT2D eigenvalue weighted by molar-refractivity contribution is -0.140. The van der Waals surface area contributed by atoms with Gasteiger partial charge in [0.25, 0.3) is 0 Å². The molecule has 0 unspecified atom stereocenters. The number of benzene rings is 1. The van der Waals surface area contributed by atoms with Crippen LogP contribution in [-0.2, 0) is 11.3 Å². The van der Waals surface area contributed by atoms with Gasteiger partial charge in [-0.05, 0) is 51.9 Å². The van der Waals surface area contributed by atoms with Gasteiger partial charge in [-0.1, -0.05) is 12.1 Å². The number of hydrogen-bond donors (Lipinski definition) is 1. The lowest BCUT2D eigenvalue weighted by Crippen LogP contribution is -2.62. The molecule has 27 heavy (non-hydrogen) atoms. The molecule has 6 nitrogen and oxygen atoms in total. The number of piperidine rings is 2. The van der Waals surface area contributed by atoms with E-state index in [9.17, 15) is 9.90 Å². The summed E-state index contributed by atoms with van der Waals surface area (Å²) < 4.78 is 2.14. The smallest absolute Gasteiger partial charge is 0.224 e. The van der Waals surface area contributed by atoms with E-state index in [0.29, 0.717) is 13.0 Å². The fourth-order valence-electron chi connectivity index (χ4n) is 5.09. The first kappa shape index (κ1) is 18.4. The number of hydrogen-bond acceptors (Lipinski definition) is 4. The minimum Gasteiger partial charge on any atom is -0.396 e. The van der Waals surface area contributed by atoms with Crippen LogP contribution in [0, 0.1) is 12.3 Å². The zero-order valence-electron chi connectivity index (χ0n) is 16.4. The molecule has 146 valence electrons. The summed E-state index contributed by atoms with van der Waals surface area (Å²) in [6.45, 7) is 5.43. The lowest BCUT2D eigenvalue weighted by atomic mass is 9.69. The molecule has 0 radical (unpaired) electrons. The van der Waals surface area contributed by atoms with Crippen LogP contribution in [0.5, 0.6) is 0 Å². The Bertz CT molecular complexity index is 833. The highest BCUT2D eigenvalue weighted by Gasteiger charge is 2.47. The molecule has 1 aromatic heterocycles. The number of rotatable bonds is 4. The second-order valence-electron chi connectivity index (χ2n) is 8.26. The number of aromatic nitrogens is 2. The van der Waals surface area contributed by atoms with E-state index < -0.39 is 0 Å². The number of carbonyl (C=O) groups excluding carboxylic acids is 1. The van der Waals surface area contributed by atoms with Gasteiger partial charge in [0, 0.05) is 37.5 Å². The number of aryl methyl sites for hydroxylation is 2. The van der Waals surface area contributed by atoms with Gasteiger partial charge in [0.1, 0.15) is 5.82 Å². The van der Waals surface area contributed by atoms with E-state index in [2.05, 4.69) is 27.6 Å². The molecule has 2 aliphatic heterocycles. The summed E-state index contributed by atoms with van der Waals surface area (Å²) in [5, 5.41) is 10.0. The van der Waals surface area contributed by atoms with Gasteiger partial charge >= 0.3 is 0 Å².